The Morgan fingerprint density at radius 1 is 1.43 bits per heavy atom. The molecule has 0 aliphatic heterocycles. The highest BCUT2D eigenvalue weighted by Crippen LogP contribution is 2.25. The Balaban J connectivity index is 3.41. The molecule has 0 fully saturated rings. The minimum absolute atomic E-state index is 0.340. The highest BCUT2D eigenvalue weighted by Gasteiger charge is 2.13. The maximum atomic E-state index is 11.3. The second kappa shape index (κ2) is 3.93. The van der Waals surface area contributed by atoms with E-state index in [9.17, 15) is 4.79 Å². The second-order valence-electron chi connectivity index (χ2n) is 3.10. The van der Waals surface area contributed by atoms with Crippen LogP contribution in [0.5, 0.6) is 5.75 Å². The van der Waals surface area contributed by atoms with Crippen molar-refractivity contribution in [2.45, 2.75) is 13.8 Å². The molecule has 0 unspecified atom stereocenters. The summed E-state index contributed by atoms with van der Waals surface area (Å²) in [5.41, 5.74) is 2.15. The van der Waals surface area contributed by atoms with E-state index in [1.807, 2.05) is 19.9 Å². The summed E-state index contributed by atoms with van der Waals surface area (Å²) < 4.78 is 5.08. The van der Waals surface area contributed by atoms with E-state index in [0.717, 1.165) is 11.1 Å². The van der Waals surface area contributed by atoms with Crippen LogP contribution in [0.2, 0.25) is 0 Å². The van der Waals surface area contributed by atoms with Gasteiger partial charge in [-0.3, -0.25) is 4.79 Å². The van der Waals surface area contributed by atoms with Gasteiger partial charge >= 0.3 is 0 Å². The number of hydrogen-bond donors (Lipinski definition) is 0. The number of nitriles is 1. The van der Waals surface area contributed by atoms with E-state index in [-0.39, 0.29) is 0 Å². The van der Waals surface area contributed by atoms with Gasteiger partial charge in [0, 0.05) is 0 Å². The Labute approximate surface area is 82.9 Å². The Morgan fingerprint density at radius 2 is 2.07 bits per heavy atom. The molecule has 14 heavy (non-hydrogen) atoms. The Bertz CT molecular complexity index is 416. The Morgan fingerprint density at radius 3 is 2.57 bits per heavy atom. The maximum absolute atomic E-state index is 11.3. The van der Waals surface area contributed by atoms with Crippen molar-refractivity contribution >= 4 is 5.78 Å². The molecule has 0 heterocycles. The first-order valence-electron chi connectivity index (χ1n) is 4.19. The number of Topliss-reactive ketones (excluding diaryl/α,β-unsaturated/α-hetero) is 1. The van der Waals surface area contributed by atoms with E-state index < -0.39 is 5.78 Å². The molecule has 0 aromatic heterocycles. The van der Waals surface area contributed by atoms with E-state index in [2.05, 4.69) is 0 Å². The first-order chi connectivity index (χ1) is 6.60. The fraction of sp³-hybridized carbons (Fsp3) is 0.273. The van der Waals surface area contributed by atoms with Gasteiger partial charge in [0.15, 0.2) is 0 Å². The van der Waals surface area contributed by atoms with Crippen LogP contribution < -0.4 is 4.74 Å². The number of ketones is 1. The molecule has 72 valence electrons. The average molecular weight is 189 g/mol. The van der Waals surface area contributed by atoms with Crippen molar-refractivity contribution < 1.29 is 9.53 Å². The van der Waals surface area contributed by atoms with Gasteiger partial charge < -0.3 is 4.74 Å². The van der Waals surface area contributed by atoms with E-state index in [1.54, 1.807) is 12.1 Å². The van der Waals surface area contributed by atoms with Gasteiger partial charge in [0.1, 0.15) is 11.8 Å². The zero-order chi connectivity index (χ0) is 10.7. The Hall–Kier alpha value is -1.82. The van der Waals surface area contributed by atoms with E-state index in [4.69, 9.17) is 10.00 Å². The lowest BCUT2D eigenvalue weighted by atomic mass is 10.0. The molecule has 0 amide bonds. The second-order valence-corrected chi connectivity index (χ2v) is 3.10. The molecule has 0 saturated heterocycles. The van der Waals surface area contributed by atoms with E-state index >= 15 is 0 Å². The lowest BCUT2D eigenvalue weighted by Crippen LogP contribution is -2.01. The van der Waals surface area contributed by atoms with Gasteiger partial charge in [-0.2, -0.15) is 5.26 Å². The van der Waals surface area contributed by atoms with Crippen LogP contribution in [-0.4, -0.2) is 12.9 Å². The van der Waals surface area contributed by atoms with Crippen molar-refractivity contribution in [2.24, 2.45) is 0 Å². The third-order valence-corrected chi connectivity index (χ3v) is 1.97. The fourth-order valence-electron chi connectivity index (χ4n) is 1.45. The first kappa shape index (κ1) is 10.3. The largest absolute Gasteiger partial charge is 0.496 e. The van der Waals surface area contributed by atoms with Crippen molar-refractivity contribution in [3.05, 3.63) is 28.8 Å². The van der Waals surface area contributed by atoms with Crippen LogP contribution in [0.1, 0.15) is 21.5 Å². The molecular weight excluding hydrogens is 178 g/mol. The number of carbonyl (C=O) groups is 1. The van der Waals surface area contributed by atoms with Gasteiger partial charge in [-0.05, 0) is 31.0 Å². The quantitative estimate of drug-likeness (QED) is 0.528. The summed E-state index contributed by atoms with van der Waals surface area (Å²) in [5, 5.41) is 8.53. The summed E-state index contributed by atoms with van der Waals surface area (Å²) in [7, 11) is 1.49. The summed E-state index contributed by atoms with van der Waals surface area (Å²) in [6.45, 7) is 3.72. The third-order valence-electron chi connectivity index (χ3n) is 1.97. The highest BCUT2D eigenvalue weighted by atomic mass is 16.5. The predicted octanol–water partition coefficient (Wildman–Crippen LogP) is 2.02. The van der Waals surface area contributed by atoms with Crippen molar-refractivity contribution in [3.8, 4) is 11.8 Å². The van der Waals surface area contributed by atoms with Crippen molar-refractivity contribution in [3.63, 3.8) is 0 Å². The summed E-state index contributed by atoms with van der Waals surface area (Å²) >= 11 is 0. The molecule has 0 atom stereocenters. The number of aryl methyl sites for hydroxylation is 2. The van der Waals surface area contributed by atoms with Crippen LogP contribution in [0, 0.1) is 25.2 Å². The molecule has 1 rings (SSSR count). The smallest absolute Gasteiger partial charge is 0.265 e. The van der Waals surface area contributed by atoms with Gasteiger partial charge in [0.25, 0.3) is 5.78 Å². The van der Waals surface area contributed by atoms with Crippen molar-refractivity contribution in [1.29, 1.82) is 5.26 Å². The number of carbonyl (C=O) groups excluding carboxylic acids is 1. The number of ether oxygens (including phenoxy) is 1. The molecule has 0 saturated carbocycles. The van der Waals surface area contributed by atoms with Gasteiger partial charge in [-0.25, -0.2) is 0 Å². The molecule has 0 spiro atoms. The summed E-state index contributed by atoms with van der Waals surface area (Å²) in [6.07, 6.45) is 0. The number of nitrogens with zero attached hydrogens (tertiary/aromatic N) is 1. The average Bonchev–Trinajstić information content (AvgIpc) is 2.15. The topological polar surface area (TPSA) is 50.1 Å². The molecule has 0 aliphatic carbocycles. The monoisotopic (exact) mass is 189 g/mol. The lowest BCUT2D eigenvalue weighted by Gasteiger charge is -2.09. The molecule has 3 heteroatoms. The SMILES string of the molecule is COc1c(C)cc(C)cc1C(=O)C#N. The zero-order valence-corrected chi connectivity index (χ0v) is 8.42. The van der Waals surface area contributed by atoms with Gasteiger partial charge in [0.2, 0.25) is 0 Å². The number of benzene rings is 1. The standard InChI is InChI=1S/C11H11NO2/c1-7-4-8(2)11(14-3)9(5-7)10(13)6-12/h4-5H,1-3H3. The third kappa shape index (κ3) is 1.74. The molecule has 1 aromatic rings. The predicted molar refractivity (Wildman–Crippen MR) is 52.4 cm³/mol. The van der Waals surface area contributed by atoms with Gasteiger partial charge in [0.05, 0.1) is 12.7 Å². The van der Waals surface area contributed by atoms with Gasteiger partial charge in [-0.15, -0.1) is 0 Å². The molecule has 0 bridgehead atoms. The van der Waals surface area contributed by atoms with Crippen LogP contribution in [0.4, 0.5) is 0 Å². The number of methoxy groups -OCH3 is 1. The molecular formula is C11H11NO2. The molecule has 0 N–H and O–H groups in total. The molecule has 0 aliphatic rings. The maximum Gasteiger partial charge on any atom is 0.265 e. The summed E-state index contributed by atoms with van der Waals surface area (Å²) in [4.78, 5) is 11.3. The summed E-state index contributed by atoms with van der Waals surface area (Å²) in [6, 6.07) is 5.17. The van der Waals surface area contributed by atoms with E-state index in [1.165, 1.54) is 7.11 Å². The molecule has 0 radical (unpaired) electrons. The first-order valence-corrected chi connectivity index (χ1v) is 4.19. The minimum atomic E-state index is -0.561. The molecule has 3 nitrogen and oxygen atoms in total. The summed E-state index contributed by atoms with van der Waals surface area (Å²) in [5.74, 6) is -0.0733. The van der Waals surface area contributed by atoms with Gasteiger partial charge in [-0.1, -0.05) is 6.07 Å². The number of rotatable bonds is 2. The Kier molecular flexibility index (Phi) is 2.88. The molecule has 1 aromatic carbocycles. The highest BCUT2D eigenvalue weighted by molar-refractivity contribution is 6.09. The fourth-order valence-corrected chi connectivity index (χ4v) is 1.45. The van der Waals surface area contributed by atoms with Crippen LogP contribution in [-0.2, 0) is 0 Å². The number of hydrogen-bond acceptors (Lipinski definition) is 3. The van der Waals surface area contributed by atoms with Crippen LogP contribution in [0.3, 0.4) is 0 Å². The van der Waals surface area contributed by atoms with Crippen molar-refractivity contribution in [2.75, 3.05) is 7.11 Å². The van der Waals surface area contributed by atoms with Crippen molar-refractivity contribution in [1.82, 2.24) is 0 Å². The normalized spacial score (nSPS) is 9.29. The lowest BCUT2D eigenvalue weighted by molar-refractivity contribution is 0.105. The minimum Gasteiger partial charge on any atom is -0.496 e. The zero-order valence-electron chi connectivity index (χ0n) is 8.42. The van der Waals surface area contributed by atoms with Crippen LogP contribution >= 0.6 is 0 Å². The van der Waals surface area contributed by atoms with Crippen LogP contribution in [0.15, 0.2) is 12.1 Å². The van der Waals surface area contributed by atoms with E-state index in [0.29, 0.717) is 11.3 Å². The van der Waals surface area contributed by atoms with Crippen LogP contribution in [0.25, 0.3) is 0 Å².